The molecule has 1 saturated carbocycles. The summed E-state index contributed by atoms with van der Waals surface area (Å²) in [6.45, 7) is 5.01. The van der Waals surface area contributed by atoms with Gasteiger partial charge in [-0.15, -0.1) is 0 Å². The molecule has 2 N–H and O–H groups in total. The third-order valence-corrected chi connectivity index (χ3v) is 6.57. The van der Waals surface area contributed by atoms with E-state index >= 15 is 0 Å². The topological polar surface area (TPSA) is 71.7 Å². The number of ether oxygens (including phenoxy) is 1. The number of aryl methyl sites for hydroxylation is 2. The number of anilines is 1. The number of fused-ring (bicyclic) bond motifs is 1. The molecular weight excluding hydrogens is 433 g/mol. The van der Waals surface area contributed by atoms with Gasteiger partial charge in [-0.2, -0.15) is 18.3 Å². The van der Waals surface area contributed by atoms with Crippen molar-refractivity contribution >= 4 is 11.5 Å². The maximum atomic E-state index is 13.0. The fourth-order valence-electron chi connectivity index (χ4n) is 4.72. The first-order valence-corrected chi connectivity index (χ1v) is 11.7. The second-order valence-electron chi connectivity index (χ2n) is 8.83. The van der Waals surface area contributed by atoms with Crippen LogP contribution in [-0.2, 0) is 23.9 Å². The van der Waals surface area contributed by atoms with Gasteiger partial charge in [0.1, 0.15) is 23.8 Å². The van der Waals surface area contributed by atoms with Crippen molar-refractivity contribution in [2.24, 2.45) is 0 Å². The second kappa shape index (κ2) is 8.64. The van der Waals surface area contributed by atoms with E-state index in [1.807, 2.05) is 4.68 Å². The van der Waals surface area contributed by atoms with Gasteiger partial charge in [0.2, 0.25) is 0 Å². The van der Waals surface area contributed by atoms with E-state index in [0.717, 1.165) is 56.2 Å². The number of alkyl halides is 3. The smallest absolute Gasteiger partial charge is 0.368 e. The summed E-state index contributed by atoms with van der Waals surface area (Å²) in [4.78, 5) is 3.71. The molecule has 0 spiro atoms. The lowest BCUT2D eigenvalue weighted by atomic mass is 9.91. The van der Waals surface area contributed by atoms with E-state index < -0.39 is 11.9 Å². The summed E-state index contributed by atoms with van der Waals surface area (Å²) in [5.41, 5.74) is 1.63. The van der Waals surface area contributed by atoms with Gasteiger partial charge in [0, 0.05) is 24.8 Å². The van der Waals surface area contributed by atoms with E-state index in [4.69, 9.17) is 4.74 Å². The molecule has 178 valence electrons. The molecule has 1 aliphatic carbocycles. The highest BCUT2D eigenvalue weighted by Gasteiger charge is 2.44. The predicted molar refractivity (Wildman–Crippen MR) is 118 cm³/mol. The summed E-state index contributed by atoms with van der Waals surface area (Å²) in [5.74, 6) is 0.636. The minimum Gasteiger partial charge on any atom is -0.368 e. The van der Waals surface area contributed by atoms with Crippen LogP contribution in [0.4, 0.5) is 19.0 Å². The van der Waals surface area contributed by atoms with Gasteiger partial charge < -0.3 is 10.1 Å². The standard InChI is InChI=1S/C23H29F3N6O/c1-3-14-12-17(32(4-2)30-14)21-22(33-21)28-16-10-8-15(9-11-16)27-19-6-5-7-20-29-18(13-31(19)20)23(24,25)26/h5-7,12-13,15-16,21-22,27-28H,3-4,8-11H2,1-2H3/t15-,16+,21?,22?. The molecule has 4 heterocycles. The number of nitrogens with zero attached hydrogens (tertiary/aromatic N) is 4. The molecule has 7 nitrogen and oxygen atoms in total. The maximum absolute atomic E-state index is 13.0. The monoisotopic (exact) mass is 462 g/mol. The fraction of sp³-hybridized carbons (Fsp3) is 0.565. The van der Waals surface area contributed by atoms with Gasteiger partial charge in [0.05, 0.1) is 11.4 Å². The zero-order valence-electron chi connectivity index (χ0n) is 18.8. The van der Waals surface area contributed by atoms with E-state index in [9.17, 15) is 13.2 Å². The highest BCUT2D eigenvalue weighted by molar-refractivity contribution is 5.51. The van der Waals surface area contributed by atoms with E-state index in [1.54, 1.807) is 18.2 Å². The number of nitrogens with one attached hydrogen (secondary N) is 2. The first kappa shape index (κ1) is 22.2. The van der Waals surface area contributed by atoms with Gasteiger partial charge in [-0.05, 0) is 57.2 Å². The summed E-state index contributed by atoms with van der Waals surface area (Å²) in [6.07, 6.45) is 1.39. The molecule has 33 heavy (non-hydrogen) atoms. The summed E-state index contributed by atoms with van der Waals surface area (Å²) in [5, 5.41) is 11.7. The lowest BCUT2D eigenvalue weighted by molar-refractivity contribution is -0.140. The van der Waals surface area contributed by atoms with Crippen LogP contribution in [0.5, 0.6) is 0 Å². The molecule has 0 bridgehead atoms. The number of aromatic nitrogens is 4. The number of epoxide rings is 1. The lowest BCUT2D eigenvalue weighted by Crippen LogP contribution is -2.38. The van der Waals surface area contributed by atoms with Crippen molar-refractivity contribution in [2.75, 3.05) is 5.32 Å². The Bertz CT molecular complexity index is 1120. The Morgan fingerprint density at radius 2 is 1.88 bits per heavy atom. The Morgan fingerprint density at radius 3 is 2.58 bits per heavy atom. The van der Waals surface area contributed by atoms with Gasteiger partial charge >= 0.3 is 6.18 Å². The summed E-state index contributed by atoms with van der Waals surface area (Å²) < 4.78 is 48.6. The zero-order valence-corrected chi connectivity index (χ0v) is 18.8. The Morgan fingerprint density at radius 1 is 1.12 bits per heavy atom. The van der Waals surface area contributed by atoms with Crippen LogP contribution >= 0.6 is 0 Å². The van der Waals surface area contributed by atoms with Crippen LogP contribution in [0.15, 0.2) is 30.5 Å². The molecular formula is C23H29F3N6O. The molecule has 2 atom stereocenters. The fourth-order valence-corrected chi connectivity index (χ4v) is 4.72. The van der Waals surface area contributed by atoms with Crippen molar-refractivity contribution < 1.29 is 17.9 Å². The molecule has 0 amide bonds. The Balaban J connectivity index is 1.16. The minimum absolute atomic E-state index is 0.0201. The average molecular weight is 463 g/mol. The van der Waals surface area contributed by atoms with E-state index in [0.29, 0.717) is 11.9 Å². The Labute approximate surface area is 190 Å². The van der Waals surface area contributed by atoms with Crippen LogP contribution in [0.2, 0.25) is 0 Å². The van der Waals surface area contributed by atoms with Crippen molar-refractivity contribution in [3.05, 3.63) is 47.5 Å². The van der Waals surface area contributed by atoms with Crippen LogP contribution in [0.25, 0.3) is 5.65 Å². The van der Waals surface area contributed by atoms with Gasteiger partial charge in [-0.1, -0.05) is 13.0 Å². The van der Waals surface area contributed by atoms with Crippen LogP contribution in [0.1, 0.15) is 62.7 Å². The average Bonchev–Trinajstić information content (AvgIpc) is 3.22. The first-order chi connectivity index (χ1) is 15.9. The molecule has 3 aromatic heterocycles. The van der Waals surface area contributed by atoms with Gasteiger partial charge in [-0.25, -0.2) is 4.98 Å². The molecule has 2 unspecified atom stereocenters. The maximum Gasteiger partial charge on any atom is 0.434 e. The van der Waals surface area contributed by atoms with Crippen LogP contribution in [0, 0.1) is 0 Å². The van der Waals surface area contributed by atoms with E-state index in [-0.39, 0.29) is 24.0 Å². The predicted octanol–water partition coefficient (Wildman–Crippen LogP) is 4.54. The van der Waals surface area contributed by atoms with Crippen LogP contribution < -0.4 is 10.6 Å². The number of rotatable bonds is 7. The van der Waals surface area contributed by atoms with Gasteiger partial charge in [-0.3, -0.25) is 14.4 Å². The quantitative estimate of drug-likeness (QED) is 0.505. The van der Waals surface area contributed by atoms with Crippen LogP contribution in [0.3, 0.4) is 0 Å². The normalized spacial score (nSPS) is 25.5. The second-order valence-corrected chi connectivity index (χ2v) is 8.83. The summed E-state index contributed by atoms with van der Waals surface area (Å²) >= 11 is 0. The molecule has 1 saturated heterocycles. The van der Waals surface area contributed by atoms with Crippen molar-refractivity contribution in [3.63, 3.8) is 0 Å². The molecule has 5 rings (SSSR count). The molecule has 0 aromatic carbocycles. The minimum atomic E-state index is -4.46. The zero-order chi connectivity index (χ0) is 23.2. The largest absolute Gasteiger partial charge is 0.434 e. The van der Waals surface area contributed by atoms with E-state index in [1.165, 1.54) is 4.40 Å². The number of halogens is 3. The highest BCUT2D eigenvalue weighted by Crippen LogP contribution is 2.38. The van der Waals surface area contributed by atoms with Gasteiger partial charge in [0.25, 0.3) is 0 Å². The molecule has 10 heteroatoms. The van der Waals surface area contributed by atoms with E-state index in [2.05, 4.69) is 40.6 Å². The van der Waals surface area contributed by atoms with Crippen LogP contribution in [-0.4, -0.2) is 37.5 Å². The summed E-state index contributed by atoms with van der Waals surface area (Å²) in [7, 11) is 0. The number of pyridine rings is 1. The van der Waals surface area contributed by atoms with Crippen molar-refractivity contribution in [1.29, 1.82) is 0 Å². The summed E-state index contributed by atoms with van der Waals surface area (Å²) in [6, 6.07) is 7.81. The van der Waals surface area contributed by atoms with Crippen molar-refractivity contribution in [3.8, 4) is 0 Å². The molecule has 3 aromatic rings. The molecule has 1 aliphatic heterocycles. The van der Waals surface area contributed by atoms with Gasteiger partial charge in [0.15, 0.2) is 5.69 Å². The number of imidazole rings is 1. The number of hydrogen-bond acceptors (Lipinski definition) is 5. The third-order valence-electron chi connectivity index (χ3n) is 6.57. The molecule has 0 radical (unpaired) electrons. The lowest BCUT2D eigenvalue weighted by Gasteiger charge is -2.30. The highest BCUT2D eigenvalue weighted by atomic mass is 19.4. The Hall–Kier alpha value is -2.59. The Kier molecular flexibility index (Phi) is 5.82. The third kappa shape index (κ3) is 4.59. The number of hydrogen-bond donors (Lipinski definition) is 2. The van der Waals surface area contributed by atoms with Crippen molar-refractivity contribution in [2.45, 2.75) is 83.1 Å². The SMILES string of the molecule is CCc1cc(C2OC2N[C@H]2CC[C@@H](Nc3cccc4nc(C(F)(F)F)cn34)CC2)n(CC)n1. The first-order valence-electron chi connectivity index (χ1n) is 11.7. The van der Waals surface area contributed by atoms with Crippen molar-refractivity contribution in [1.82, 2.24) is 24.5 Å². The molecule has 2 fully saturated rings. The molecule has 2 aliphatic rings.